The molecule has 0 aliphatic carbocycles. The van der Waals surface area contributed by atoms with Gasteiger partial charge in [-0.05, 0) is 18.2 Å². The zero-order valence-electron chi connectivity index (χ0n) is 7.67. The third-order valence-corrected chi connectivity index (χ3v) is 3.04. The Morgan fingerprint density at radius 1 is 1.47 bits per heavy atom. The van der Waals surface area contributed by atoms with Gasteiger partial charge in [-0.15, -0.1) is 0 Å². The average Bonchev–Trinajstić information content (AvgIpc) is 2.17. The van der Waals surface area contributed by atoms with Crippen LogP contribution in [0.25, 0.3) is 0 Å². The van der Waals surface area contributed by atoms with Crippen LogP contribution in [0.1, 0.15) is 16.8 Å². The Hall–Kier alpha value is -0.690. The summed E-state index contributed by atoms with van der Waals surface area (Å²) in [5.74, 6) is 0.480. The van der Waals surface area contributed by atoms with Crippen molar-refractivity contribution < 1.29 is 4.79 Å². The minimum Gasteiger partial charge on any atom is -0.282 e. The standard InChI is InChI=1S/C10H7Cl2NOS/c11-7-2-3-8(9(12)6-7)10(14)15-5-1-4-13/h2-3,6H,1,5H2. The largest absolute Gasteiger partial charge is 0.282 e. The first kappa shape index (κ1) is 12.4. The zero-order valence-corrected chi connectivity index (χ0v) is 9.99. The number of hydrogen-bond donors (Lipinski definition) is 0. The molecular weight excluding hydrogens is 253 g/mol. The van der Waals surface area contributed by atoms with Crippen LogP contribution in [-0.4, -0.2) is 10.9 Å². The molecule has 5 heteroatoms. The van der Waals surface area contributed by atoms with E-state index >= 15 is 0 Å². The number of halogens is 2. The molecule has 0 heterocycles. The molecule has 0 aromatic heterocycles. The number of thioether (sulfide) groups is 1. The molecule has 0 fully saturated rings. The van der Waals surface area contributed by atoms with Gasteiger partial charge in [0.05, 0.1) is 11.1 Å². The van der Waals surface area contributed by atoms with Crippen LogP contribution in [0, 0.1) is 11.3 Å². The lowest BCUT2D eigenvalue weighted by Gasteiger charge is -2.02. The normalized spacial score (nSPS) is 9.67. The van der Waals surface area contributed by atoms with Gasteiger partial charge in [0.25, 0.3) is 0 Å². The summed E-state index contributed by atoms with van der Waals surface area (Å²) in [5, 5.41) is 9.03. The molecule has 0 radical (unpaired) electrons. The Balaban J connectivity index is 2.70. The third-order valence-electron chi connectivity index (χ3n) is 1.60. The summed E-state index contributed by atoms with van der Waals surface area (Å²) < 4.78 is 0. The van der Waals surface area contributed by atoms with Crippen molar-refractivity contribution in [2.45, 2.75) is 6.42 Å². The number of carbonyl (C=O) groups excluding carboxylic acids is 1. The lowest BCUT2D eigenvalue weighted by atomic mass is 10.2. The molecule has 1 aromatic rings. The van der Waals surface area contributed by atoms with Gasteiger partial charge < -0.3 is 0 Å². The van der Waals surface area contributed by atoms with Gasteiger partial charge in [0.2, 0.25) is 5.12 Å². The minimum absolute atomic E-state index is 0.132. The first-order valence-corrected chi connectivity index (χ1v) is 5.88. The van der Waals surface area contributed by atoms with Crippen LogP contribution >= 0.6 is 35.0 Å². The molecule has 0 aliphatic heterocycles. The summed E-state index contributed by atoms with van der Waals surface area (Å²) in [6.45, 7) is 0. The van der Waals surface area contributed by atoms with Crippen molar-refractivity contribution in [2.24, 2.45) is 0 Å². The van der Waals surface area contributed by atoms with Gasteiger partial charge in [0.1, 0.15) is 0 Å². The van der Waals surface area contributed by atoms with Gasteiger partial charge >= 0.3 is 0 Å². The lowest BCUT2D eigenvalue weighted by Crippen LogP contribution is -1.95. The highest BCUT2D eigenvalue weighted by Crippen LogP contribution is 2.24. The smallest absolute Gasteiger partial charge is 0.220 e. The quantitative estimate of drug-likeness (QED) is 0.776. The van der Waals surface area contributed by atoms with Crippen molar-refractivity contribution in [3.8, 4) is 6.07 Å². The van der Waals surface area contributed by atoms with Crippen molar-refractivity contribution in [2.75, 3.05) is 5.75 Å². The molecule has 0 aliphatic rings. The second-order valence-corrected chi connectivity index (χ2v) is 4.58. The minimum atomic E-state index is -0.132. The number of carbonyl (C=O) groups is 1. The SMILES string of the molecule is N#CCCSC(=O)c1ccc(Cl)cc1Cl. The third kappa shape index (κ3) is 3.75. The Labute approximate surface area is 102 Å². The van der Waals surface area contributed by atoms with E-state index < -0.39 is 0 Å². The molecule has 1 aromatic carbocycles. The van der Waals surface area contributed by atoms with Gasteiger partial charge in [-0.25, -0.2) is 0 Å². The molecule has 0 atom stereocenters. The number of nitriles is 1. The molecule has 0 saturated carbocycles. The molecule has 0 saturated heterocycles. The van der Waals surface area contributed by atoms with Gasteiger partial charge in [-0.1, -0.05) is 35.0 Å². The maximum absolute atomic E-state index is 11.6. The van der Waals surface area contributed by atoms with Crippen LogP contribution in [0.5, 0.6) is 0 Å². The molecule has 0 amide bonds. The fourth-order valence-corrected chi connectivity index (χ4v) is 2.18. The second kappa shape index (κ2) is 6.02. The van der Waals surface area contributed by atoms with Gasteiger partial charge in [0, 0.05) is 22.8 Å². The van der Waals surface area contributed by atoms with Crippen LogP contribution in [0.3, 0.4) is 0 Å². The monoisotopic (exact) mass is 259 g/mol. The summed E-state index contributed by atoms with van der Waals surface area (Å²) in [7, 11) is 0. The van der Waals surface area contributed by atoms with Gasteiger partial charge in [-0.2, -0.15) is 5.26 Å². The van der Waals surface area contributed by atoms with E-state index in [0.29, 0.717) is 27.8 Å². The molecule has 0 bridgehead atoms. The van der Waals surface area contributed by atoms with E-state index in [-0.39, 0.29) is 5.12 Å². The average molecular weight is 260 g/mol. The fraction of sp³-hybridized carbons (Fsp3) is 0.200. The van der Waals surface area contributed by atoms with Gasteiger partial charge in [-0.3, -0.25) is 4.79 Å². The maximum atomic E-state index is 11.6. The van der Waals surface area contributed by atoms with Crippen LogP contribution in [0.4, 0.5) is 0 Å². The van der Waals surface area contributed by atoms with E-state index in [9.17, 15) is 4.79 Å². The summed E-state index contributed by atoms with van der Waals surface area (Å²) in [6.07, 6.45) is 0.349. The van der Waals surface area contributed by atoms with E-state index in [1.807, 2.05) is 6.07 Å². The predicted molar refractivity (Wildman–Crippen MR) is 63.5 cm³/mol. The molecule has 15 heavy (non-hydrogen) atoms. The highest BCUT2D eigenvalue weighted by Gasteiger charge is 2.10. The molecular formula is C10H7Cl2NOS. The molecule has 0 unspecified atom stereocenters. The Morgan fingerprint density at radius 2 is 2.20 bits per heavy atom. The fourth-order valence-electron chi connectivity index (χ4n) is 0.922. The molecule has 0 spiro atoms. The zero-order chi connectivity index (χ0) is 11.3. The van der Waals surface area contributed by atoms with Crippen molar-refractivity contribution in [3.63, 3.8) is 0 Å². The maximum Gasteiger partial charge on any atom is 0.220 e. The van der Waals surface area contributed by atoms with Gasteiger partial charge in [0.15, 0.2) is 0 Å². The second-order valence-electron chi connectivity index (χ2n) is 2.67. The summed E-state index contributed by atoms with van der Waals surface area (Å²) >= 11 is 12.6. The van der Waals surface area contributed by atoms with E-state index in [1.54, 1.807) is 12.1 Å². The number of rotatable bonds is 3. The molecule has 2 nitrogen and oxygen atoms in total. The molecule has 0 N–H and O–H groups in total. The van der Waals surface area contributed by atoms with Crippen LogP contribution in [0.15, 0.2) is 18.2 Å². The van der Waals surface area contributed by atoms with Crippen LogP contribution in [0.2, 0.25) is 10.0 Å². The first-order chi connectivity index (χ1) is 7.15. The molecule has 1 rings (SSSR count). The topological polar surface area (TPSA) is 40.9 Å². The van der Waals surface area contributed by atoms with Crippen molar-refractivity contribution >= 4 is 40.1 Å². The van der Waals surface area contributed by atoms with Crippen LogP contribution in [-0.2, 0) is 0 Å². The predicted octanol–water partition coefficient (Wildman–Crippen LogP) is 3.78. The lowest BCUT2D eigenvalue weighted by molar-refractivity contribution is 0.108. The van der Waals surface area contributed by atoms with Crippen molar-refractivity contribution in [1.82, 2.24) is 0 Å². The van der Waals surface area contributed by atoms with E-state index in [4.69, 9.17) is 28.5 Å². The highest BCUT2D eigenvalue weighted by molar-refractivity contribution is 8.14. The highest BCUT2D eigenvalue weighted by atomic mass is 35.5. The number of hydrogen-bond acceptors (Lipinski definition) is 3. The Bertz CT molecular complexity index is 414. The summed E-state index contributed by atoms with van der Waals surface area (Å²) in [5.41, 5.74) is 0.434. The number of benzene rings is 1. The van der Waals surface area contributed by atoms with E-state index in [2.05, 4.69) is 0 Å². The molecule has 78 valence electrons. The van der Waals surface area contributed by atoms with Crippen molar-refractivity contribution in [3.05, 3.63) is 33.8 Å². The van der Waals surface area contributed by atoms with E-state index in [1.165, 1.54) is 6.07 Å². The summed E-state index contributed by atoms with van der Waals surface area (Å²) in [4.78, 5) is 11.6. The summed E-state index contributed by atoms with van der Waals surface area (Å²) in [6, 6.07) is 6.71. The van der Waals surface area contributed by atoms with E-state index in [0.717, 1.165) is 11.8 Å². The van der Waals surface area contributed by atoms with Crippen LogP contribution < -0.4 is 0 Å². The Kier molecular flexibility index (Phi) is 4.97. The first-order valence-electron chi connectivity index (χ1n) is 4.14. The number of nitrogens with zero attached hydrogens (tertiary/aromatic N) is 1. The Morgan fingerprint density at radius 3 is 2.80 bits per heavy atom. The van der Waals surface area contributed by atoms with Crippen molar-refractivity contribution in [1.29, 1.82) is 5.26 Å².